The Morgan fingerprint density at radius 3 is 3.00 bits per heavy atom. The summed E-state index contributed by atoms with van der Waals surface area (Å²) in [6.07, 6.45) is 4.92. The van der Waals surface area contributed by atoms with Crippen LogP contribution in [0.3, 0.4) is 0 Å². The maximum Gasteiger partial charge on any atom is 0.0730 e. The van der Waals surface area contributed by atoms with Gasteiger partial charge >= 0.3 is 0 Å². The van der Waals surface area contributed by atoms with Crippen LogP contribution in [0.1, 0.15) is 25.7 Å². The first kappa shape index (κ1) is 11.9. The van der Waals surface area contributed by atoms with Gasteiger partial charge in [-0.3, -0.25) is 4.90 Å². The third kappa shape index (κ3) is 2.50. The number of ether oxygens (including phenoxy) is 2. The van der Waals surface area contributed by atoms with Crippen molar-refractivity contribution in [3.63, 3.8) is 0 Å². The lowest BCUT2D eigenvalue weighted by molar-refractivity contribution is -0.0726. The first-order valence-electron chi connectivity index (χ1n) is 6.96. The summed E-state index contributed by atoms with van der Waals surface area (Å²) in [5, 5.41) is 10.3. The number of nitrogens with zero attached hydrogens (tertiary/aromatic N) is 1. The SMILES string of the molecule is OC(CN1CCOC2CCCC21)C1CCOC1. The van der Waals surface area contributed by atoms with Crippen molar-refractivity contribution in [1.82, 2.24) is 4.90 Å². The van der Waals surface area contributed by atoms with E-state index in [0.29, 0.717) is 18.1 Å². The number of morpholine rings is 1. The van der Waals surface area contributed by atoms with Gasteiger partial charge in [0.2, 0.25) is 0 Å². The van der Waals surface area contributed by atoms with Gasteiger partial charge in [-0.2, -0.15) is 0 Å². The predicted octanol–water partition coefficient (Wildman–Crippen LogP) is 0.637. The molecular formula is C13H23NO3. The van der Waals surface area contributed by atoms with Gasteiger partial charge in [0.25, 0.3) is 0 Å². The van der Waals surface area contributed by atoms with Crippen molar-refractivity contribution in [3.05, 3.63) is 0 Å². The molecule has 98 valence electrons. The van der Waals surface area contributed by atoms with Crippen molar-refractivity contribution in [3.8, 4) is 0 Å². The van der Waals surface area contributed by atoms with Crippen LogP contribution < -0.4 is 0 Å². The molecule has 1 N–H and O–H groups in total. The molecule has 0 bridgehead atoms. The summed E-state index contributed by atoms with van der Waals surface area (Å²) in [6, 6.07) is 0.556. The second-order valence-electron chi connectivity index (χ2n) is 5.59. The lowest BCUT2D eigenvalue weighted by Gasteiger charge is -2.39. The molecule has 0 radical (unpaired) electrons. The highest BCUT2D eigenvalue weighted by Crippen LogP contribution is 2.30. The Balaban J connectivity index is 1.56. The average Bonchev–Trinajstić information content (AvgIpc) is 3.00. The summed E-state index contributed by atoms with van der Waals surface area (Å²) in [5.74, 6) is 0.345. The molecule has 0 aromatic rings. The van der Waals surface area contributed by atoms with Crippen molar-refractivity contribution in [2.24, 2.45) is 5.92 Å². The summed E-state index contributed by atoms with van der Waals surface area (Å²) in [5.41, 5.74) is 0. The molecule has 0 aromatic heterocycles. The van der Waals surface area contributed by atoms with Crippen LogP contribution in [0, 0.1) is 5.92 Å². The van der Waals surface area contributed by atoms with Gasteiger partial charge in [0.15, 0.2) is 0 Å². The summed E-state index contributed by atoms with van der Waals surface area (Å²) in [6.45, 7) is 4.16. The van der Waals surface area contributed by atoms with E-state index in [4.69, 9.17) is 9.47 Å². The van der Waals surface area contributed by atoms with Crippen LogP contribution in [-0.4, -0.2) is 61.2 Å². The first-order chi connectivity index (χ1) is 8.34. The minimum atomic E-state index is -0.225. The number of hydrogen-bond acceptors (Lipinski definition) is 4. The molecule has 2 saturated heterocycles. The van der Waals surface area contributed by atoms with Crippen LogP contribution in [0.4, 0.5) is 0 Å². The van der Waals surface area contributed by atoms with Crippen molar-refractivity contribution in [2.75, 3.05) is 32.9 Å². The van der Waals surface area contributed by atoms with Gasteiger partial charge in [-0.05, 0) is 25.7 Å². The lowest BCUT2D eigenvalue weighted by Crippen LogP contribution is -2.51. The Kier molecular flexibility index (Phi) is 3.66. The van der Waals surface area contributed by atoms with E-state index in [2.05, 4.69) is 4.90 Å². The van der Waals surface area contributed by atoms with E-state index in [9.17, 15) is 5.11 Å². The topological polar surface area (TPSA) is 41.9 Å². The number of β-amino-alcohol motifs (C(OH)–C–C–N with tert-alkyl or cyclic N) is 1. The van der Waals surface area contributed by atoms with E-state index in [-0.39, 0.29) is 6.10 Å². The number of aliphatic hydroxyl groups is 1. The fourth-order valence-corrected chi connectivity index (χ4v) is 3.48. The molecule has 2 heterocycles. The fourth-order valence-electron chi connectivity index (χ4n) is 3.48. The number of fused-ring (bicyclic) bond motifs is 1. The monoisotopic (exact) mass is 241 g/mol. The van der Waals surface area contributed by atoms with Gasteiger partial charge in [0.05, 0.1) is 25.4 Å². The first-order valence-corrected chi connectivity index (χ1v) is 6.96. The van der Waals surface area contributed by atoms with Crippen LogP contribution >= 0.6 is 0 Å². The minimum Gasteiger partial charge on any atom is -0.391 e. The van der Waals surface area contributed by atoms with Crippen molar-refractivity contribution < 1.29 is 14.6 Å². The highest BCUT2D eigenvalue weighted by Gasteiger charge is 2.37. The van der Waals surface area contributed by atoms with Crippen LogP contribution in [0.25, 0.3) is 0 Å². The molecule has 4 atom stereocenters. The molecule has 4 heteroatoms. The van der Waals surface area contributed by atoms with Gasteiger partial charge in [0.1, 0.15) is 0 Å². The molecule has 3 aliphatic rings. The molecule has 4 unspecified atom stereocenters. The summed E-state index contributed by atoms with van der Waals surface area (Å²) in [7, 11) is 0. The van der Waals surface area contributed by atoms with Gasteiger partial charge in [-0.15, -0.1) is 0 Å². The van der Waals surface area contributed by atoms with Gasteiger partial charge < -0.3 is 14.6 Å². The second-order valence-corrected chi connectivity index (χ2v) is 5.59. The van der Waals surface area contributed by atoms with Gasteiger partial charge in [0, 0.05) is 31.7 Å². The second kappa shape index (κ2) is 5.22. The Morgan fingerprint density at radius 1 is 1.24 bits per heavy atom. The summed E-state index contributed by atoms with van der Waals surface area (Å²) < 4.78 is 11.1. The van der Waals surface area contributed by atoms with E-state index >= 15 is 0 Å². The van der Waals surface area contributed by atoms with Crippen molar-refractivity contribution in [1.29, 1.82) is 0 Å². The summed E-state index contributed by atoms with van der Waals surface area (Å²) in [4.78, 5) is 2.45. The Bertz CT molecular complexity index is 255. The Morgan fingerprint density at radius 2 is 2.18 bits per heavy atom. The van der Waals surface area contributed by atoms with Crippen LogP contribution in [0.2, 0.25) is 0 Å². The van der Waals surface area contributed by atoms with E-state index in [1.807, 2.05) is 0 Å². The zero-order valence-corrected chi connectivity index (χ0v) is 10.4. The maximum atomic E-state index is 10.3. The highest BCUT2D eigenvalue weighted by molar-refractivity contribution is 4.91. The standard InChI is InChI=1S/C13H23NO3/c15-12(10-4-6-16-9-10)8-14-5-7-17-13-3-1-2-11(13)14/h10-13,15H,1-9H2. The van der Waals surface area contributed by atoms with Crippen molar-refractivity contribution in [2.45, 2.75) is 43.9 Å². The number of hydrogen-bond donors (Lipinski definition) is 1. The van der Waals surface area contributed by atoms with E-state index in [0.717, 1.165) is 39.3 Å². The quantitative estimate of drug-likeness (QED) is 0.787. The smallest absolute Gasteiger partial charge is 0.0730 e. The predicted molar refractivity (Wildman–Crippen MR) is 63.9 cm³/mol. The molecule has 3 rings (SSSR count). The molecule has 2 aliphatic heterocycles. The van der Waals surface area contributed by atoms with Crippen LogP contribution in [-0.2, 0) is 9.47 Å². The molecule has 0 aromatic carbocycles. The van der Waals surface area contributed by atoms with E-state index in [1.165, 1.54) is 19.3 Å². The highest BCUT2D eigenvalue weighted by atomic mass is 16.5. The number of aliphatic hydroxyl groups excluding tert-OH is 1. The zero-order chi connectivity index (χ0) is 11.7. The lowest BCUT2D eigenvalue weighted by atomic mass is 10.00. The third-order valence-corrected chi connectivity index (χ3v) is 4.53. The fraction of sp³-hybridized carbons (Fsp3) is 1.00. The maximum absolute atomic E-state index is 10.3. The molecule has 3 fully saturated rings. The molecule has 0 spiro atoms. The van der Waals surface area contributed by atoms with E-state index < -0.39 is 0 Å². The Hall–Kier alpha value is -0.160. The largest absolute Gasteiger partial charge is 0.391 e. The minimum absolute atomic E-state index is 0.225. The number of rotatable bonds is 3. The normalized spacial score (nSPS) is 40.4. The van der Waals surface area contributed by atoms with Gasteiger partial charge in [-0.1, -0.05) is 0 Å². The van der Waals surface area contributed by atoms with Gasteiger partial charge in [-0.25, -0.2) is 0 Å². The van der Waals surface area contributed by atoms with Crippen LogP contribution in [0.15, 0.2) is 0 Å². The molecule has 4 nitrogen and oxygen atoms in total. The van der Waals surface area contributed by atoms with Crippen molar-refractivity contribution >= 4 is 0 Å². The molecule has 0 amide bonds. The molecule has 1 saturated carbocycles. The molecular weight excluding hydrogens is 218 g/mol. The zero-order valence-electron chi connectivity index (χ0n) is 10.4. The molecule has 17 heavy (non-hydrogen) atoms. The van der Waals surface area contributed by atoms with Crippen LogP contribution in [0.5, 0.6) is 0 Å². The third-order valence-electron chi connectivity index (χ3n) is 4.53. The Labute approximate surface area is 103 Å². The summed E-state index contributed by atoms with van der Waals surface area (Å²) >= 11 is 0. The van der Waals surface area contributed by atoms with E-state index in [1.54, 1.807) is 0 Å². The molecule has 1 aliphatic carbocycles. The average molecular weight is 241 g/mol.